The van der Waals surface area contributed by atoms with Crippen LogP contribution in [-0.4, -0.2) is 30.6 Å². The van der Waals surface area contributed by atoms with Crippen LogP contribution in [0.5, 0.6) is 5.75 Å². The highest BCUT2D eigenvalue weighted by atomic mass is 16.5. The predicted molar refractivity (Wildman–Crippen MR) is 74.8 cm³/mol. The largest absolute Gasteiger partial charge is 0.491 e. The molecule has 0 spiro atoms. The third-order valence-electron chi connectivity index (χ3n) is 3.46. The molecule has 1 unspecified atom stereocenters. The van der Waals surface area contributed by atoms with E-state index >= 15 is 0 Å². The summed E-state index contributed by atoms with van der Waals surface area (Å²) in [6.07, 6.45) is 2.44. The molecule has 18 heavy (non-hydrogen) atoms. The molecule has 1 atom stereocenters. The molecule has 0 aromatic heterocycles. The molecule has 0 bridgehead atoms. The zero-order valence-corrected chi connectivity index (χ0v) is 11.8. The predicted octanol–water partition coefficient (Wildman–Crippen LogP) is 2.57. The number of hydrogen-bond donors (Lipinski definition) is 1. The van der Waals surface area contributed by atoms with Crippen LogP contribution >= 0.6 is 0 Å². The number of nitrogens with zero attached hydrogens (tertiary/aromatic N) is 1. The van der Waals surface area contributed by atoms with Gasteiger partial charge in [0.2, 0.25) is 0 Å². The van der Waals surface area contributed by atoms with E-state index < -0.39 is 0 Å². The Kier molecular flexibility index (Phi) is 3.64. The van der Waals surface area contributed by atoms with Gasteiger partial charge in [0.25, 0.3) is 0 Å². The summed E-state index contributed by atoms with van der Waals surface area (Å²) < 4.78 is 5.67. The number of benzene rings is 1. The molecule has 0 heterocycles. The molecule has 3 heteroatoms. The Hall–Kier alpha value is -1.06. The lowest BCUT2D eigenvalue weighted by molar-refractivity contribution is 0.238. The molecule has 3 nitrogen and oxygen atoms in total. The quantitative estimate of drug-likeness (QED) is 0.870. The van der Waals surface area contributed by atoms with Gasteiger partial charge in [0.15, 0.2) is 0 Å². The second-order valence-corrected chi connectivity index (χ2v) is 5.83. The van der Waals surface area contributed by atoms with Crippen LogP contribution in [-0.2, 0) is 0 Å². The fraction of sp³-hybridized carbons (Fsp3) is 0.600. The zero-order valence-electron chi connectivity index (χ0n) is 11.8. The molecule has 1 aliphatic rings. The van der Waals surface area contributed by atoms with Gasteiger partial charge in [-0.15, -0.1) is 0 Å². The summed E-state index contributed by atoms with van der Waals surface area (Å²) in [6.45, 7) is 4.07. The highest BCUT2D eigenvalue weighted by molar-refractivity contribution is 5.32. The first-order chi connectivity index (χ1) is 8.42. The van der Waals surface area contributed by atoms with Crippen LogP contribution < -0.4 is 10.5 Å². The second kappa shape index (κ2) is 4.90. The molecule has 0 amide bonds. The minimum absolute atomic E-state index is 0.0378. The Bertz CT molecular complexity index is 393. The molecule has 1 aromatic carbocycles. The van der Waals surface area contributed by atoms with Crippen LogP contribution in [0.25, 0.3) is 0 Å². The standard InChI is InChI=1S/C15H24N2O/c1-11(2)18-13-7-5-12(6-8-13)14(17(3)4)15(16)9-10-15/h5-8,11,14H,9-10,16H2,1-4H3. The van der Waals surface area contributed by atoms with Gasteiger partial charge >= 0.3 is 0 Å². The zero-order chi connectivity index (χ0) is 13.3. The first-order valence-corrected chi connectivity index (χ1v) is 6.64. The average Bonchev–Trinajstić information content (AvgIpc) is 2.98. The smallest absolute Gasteiger partial charge is 0.119 e. The summed E-state index contributed by atoms with van der Waals surface area (Å²) in [4.78, 5) is 2.21. The molecule has 0 radical (unpaired) electrons. The first-order valence-electron chi connectivity index (χ1n) is 6.64. The van der Waals surface area contributed by atoms with Crippen molar-refractivity contribution in [3.8, 4) is 5.75 Å². The topological polar surface area (TPSA) is 38.5 Å². The van der Waals surface area contributed by atoms with Crippen molar-refractivity contribution in [2.24, 2.45) is 5.73 Å². The fourth-order valence-corrected chi connectivity index (χ4v) is 2.56. The molecule has 1 aliphatic carbocycles. The maximum Gasteiger partial charge on any atom is 0.119 e. The summed E-state index contributed by atoms with van der Waals surface area (Å²) in [5.74, 6) is 0.924. The Morgan fingerprint density at radius 2 is 1.72 bits per heavy atom. The van der Waals surface area contributed by atoms with Crippen LogP contribution in [0.15, 0.2) is 24.3 Å². The van der Waals surface area contributed by atoms with Crippen molar-refractivity contribution in [2.75, 3.05) is 14.1 Å². The summed E-state index contributed by atoms with van der Waals surface area (Å²) in [7, 11) is 4.19. The lowest BCUT2D eigenvalue weighted by Crippen LogP contribution is -2.39. The van der Waals surface area contributed by atoms with Crippen LogP contribution in [0.1, 0.15) is 38.3 Å². The second-order valence-electron chi connectivity index (χ2n) is 5.83. The maximum absolute atomic E-state index is 6.37. The van der Waals surface area contributed by atoms with Crippen molar-refractivity contribution in [3.63, 3.8) is 0 Å². The average molecular weight is 248 g/mol. The number of likely N-dealkylation sites (N-methyl/N-ethyl adjacent to an activating group) is 1. The third kappa shape index (κ3) is 2.85. The lowest BCUT2D eigenvalue weighted by Gasteiger charge is -2.30. The van der Waals surface area contributed by atoms with Gasteiger partial charge in [0, 0.05) is 5.54 Å². The minimum Gasteiger partial charge on any atom is -0.491 e. The highest BCUT2D eigenvalue weighted by Crippen LogP contribution is 2.46. The van der Waals surface area contributed by atoms with Gasteiger partial charge in [-0.05, 0) is 58.5 Å². The minimum atomic E-state index is -0.0378. The van der Waals surface area contributed by atoms with E-state index in [-0.39, 0.29) is 11.6 Å². The van der Waals surface area contributed by atoms with Crippen LogP contribution in [0, 0.1) is 0 Å². The first kappa shape index (κ1) is 13.4. The van der Waals surface area contributed by atoms with E-state index in [0.717, 1.165) is 18.6 Å². The molecule has 2 N–H and O–H groups in total. The molecular weight excluding hydrogens is 224 g/mol. The summed E-state index contributed by atoms with van der Waals surface area (Å²) >= 11 is 0. The van der Waals surface area contributed by atoms with E-state index in [4.69, 9.17) is 10.5 Å². The van der Waals surface area contributed by atoms with E-state index in [9.17, 15) is 0 Å². The Balaban J connectivity index is 2.16. The van der Waals surface area contributed by atoms with E-state index in [1.165, 1.54) is 5.56 Å². The van der Waals surface area contributed by atoms with Gasteiger partial charge in [-0.3, -0.25) is 0 Å². The number of ether oxygens (including phenoxy) is 1. The van der Waals surface area contributed by atoms with Crippen LogP contribution in [0.4, 0.5) is 0 Å². The van der Waals surface area contributed by atoms with Crippen molar-refractivity contribution in [2.45, 2.75) is 44.4 Å². The third-order valence-corrected chi connectivity index (χ3v) is 3.46. The maximum atomic E-state index is 6.37. The van der Waals surface area contributed by atoms with Gasteiger partial charge in [-0.1, -0.05) is 12.1 Å². The van der Waals surface area contributed by atoms with Gasteiger partial charge in [-0.2, -0.15) is 0 Å². The van der Waals surface area contributed by atoms with Crippen molar-refractivity contribution in [1.82, 2.24) is 4.90 Å². The van der Waals surface area contributed by atoms with Crippen molar-refractivity contribution in [3.05, 3.63) is 29.8 Å². The summed E-state index contributed by atoms with van der Waals surface area (Å²) in [5.41, 5.74) is 7.61. The Morgan fingerprint density at radius 3 is 2.11 bits per heavy atom. The van der Waals surface area contributed by atoms with Crippen molar-refractivity contribution < 1.29 is 4.74 Å². The highest BCUT2D eigenvalue weighted by Gasteiger charge is 2.47. The summed E-state index contributed by atoms with van der Waals surface area (Å²) in [5, 5.41) is 0. The fourth-order valence-electron chi connectivity index (χ4n) is 2.56. The van der Waals surface area contributed by atoms with E-state index in [0.29, 0.717) is 6.04 Å². The molecule has 1 saturated carbocycles. The van der Waals surface area contributed by atoms with Gasteiger partial charge in [-0.25, -0.2) is 0 Å². The molecule has 1 fully saturated rings. The number of rotatable bonds is 5. The molecule has 0 saturated heterocycles. The van der Waals surface area contributed by atoms with E-state index in [1.54, 1.807) is 0 Å². The molecule has 100 valence electrons. The van der Waals surface area contributed by atoms with Crippen molar-refractivity contribution in [1.29, 1.82) is 0 Å². The van der Waals surface area contributed by atoms with Gasteiger partial charge < -0.3 is 15.4 Å². The molecule has 0 aliphatic heterocycles. The van der Waals surface area contributed by atoms with Crippen LogP contribution in [0.2, 0.25) is 0 Å². The Labute approximate surface area is 110 Å². The van der Waals surface area contributed by atoms with Crippen molar-refractivity contribution >= 4 is 0 Å². The Morgan fingerprint density at radius 1 is 1.17 bits per heavy atom. The van der Waals surface area contributed by atoms with Gasteiger partial charge in [0.1, 0.15) is 5.75 Å². The number of hydrogen-bond acceptors (Lipinski definition) is 3. The van der Waals surface area contributed by atoms with E-state index in [2.05, 4.69) is 31.1 Å². The normalized spacial score (nSPS) is 19.1. The van der Waals surface area contributed by atoms with E-state index in [1.807, 2.05) is 26.0 Å². The molecular formula is C15H24N2O. The monoisotopic (exact) mass is 248 g/mol. The molecule has 1 aromatic rings. The lowest BCUT2D eigenvalue weighted by atomic mass is 9.97. The van der Waals surface area contributed by atoms with Crippen LogP contribution in [0.3, 0.4) is 0 Å². The summed E-state index contributed by atoms with van der Waals surface area (Å²) in [6, 6.07) is 8.64. The molecule has 2 rings (SSSR count). The number of nitrogens with two attached hydrogens (primary N) is 1. The van der Waals surface area contributed by atoms with Gasteiger partial charge in [0.05, 0.1) is 12.1 Å². The SMILES string of the molecule is CC(C)Oc1ccc(C(N(C)C)C2(N)CC2)cc1.